The van der Waals surface area contributed by atoms with Crippen LogP contribution in [0, 0.1) is 5.92 Å². The highest BCUT2D eigenvalue weighted by Gasteiger charge is 2.23. The van der Waals surface area contributed by atoms with Crippen LogP contribution in [0.3, 0.4) is 0 Å². The summed E-state index contributed by atoms with van der Waals surface area (Å²) in [6.45, 7) is 5.19. The second kappa shape index (κ2) is 9.87. The topological polar surface area (TPSA) is 107 Å². The lowest BCUT2D eigenvalue weighted by atomic mass is 10.0. The SMILES string of the molecule is CC(C)CC(Oc1ccc2ccnc(N)c2c1)C(=O)Nc1ccc(N2CCOCC2=O)cc1. The molecule has 0 spiro atoms. The molecule has 1 atom stereocenters. The Hall–Kier alpha value is -3.65. The van der Waals surface area contributed by atoms with Gasteiger partial charge in [0.25, 0.3) is 11.8 Å². The maximum atomic E-state index is 13.1. The molecule has 2 aromatic carbocycles. The number of rotatable bonds is 7. The highest BCUT2D eigenvalue weighted by molar-refractivity contribution is 5.97. The Morgan fingerprint density at radius 3 is 2.73 bits per heavy atom. The summed E-state index contributed by atoms with van der Waals surface area (Å²) < 4.78 is 11.3. The van der Waals surface area contributed by atoms with Crippen LogP contribution >= 0.6 is 0 Å². The monoisotopic (exact) mass is 448 g/mol. The van der Waals surface area contributed by atoms with E-state index in [1.165, 1.54) is 0 Å². The van der Waals surface area contributed by atoms with Gasteiger partial charge in [0.1, 0.15) is 18.2 Å². The third kappa shape index (κ3) is 5.40. The van der Waals surface area contributed by atoms with E-state index in [0.29, 0.717) is 36.8 Å². The van der Waals surface area contributed by atoms with Crippen molar-refractivity contribution in [2.45, 2.75) is 26.4 Å². The highest BCUT2D eigenvalue weighted by atomic mass is 16.5. The number of anilines is 3. The highest BCUT2D eigenvalue weighted by Crippen LogP contribution is 2.26. The zero-order valence-electron chi connectivity index (χ0n) is 18.8. The summed E-state index contributed by atoms with van der Waals surface area (Å²) in [5.41, 5.74) is 7.41. The minimum absolute atomic E-state index is 0.0744. The van der Waals surface area contributed by atoms with Crippen LogP contribution in [0.2, 0.25) is 0 Å². The Labute approximate surface area is 192 Å². The first-order valence-corrected chi connectivity index (χ1v) is 11.0. The van der Waals surface area contributed by atoms with Gasteiger partial charge in [-0.2, -0.15) is 0 Å². The number of pyridine rings is 1. The predicted molar refractivity (Wildman–Crippen MR) is 128 cm³/mol. The van der Waals surface area contributed by atoms with Gasteiger partial charge in [-0.3, -0.25) is 9.59 Å². The average molecular weight is 449 g/mol. The third-order valence-electron chi connectivity index (χ3n) is 5.46. The minimum Gasteiger partial charge on any atom is -0.481 e. The Morgan fingerprint density at radius 2 is 2.00 bits per heavy atom. The molecule has 0 bridgehead atoms. The van der Waals surface area contributed by atoms with E-state index >= 15 is 0 Å². The van der Waals surface area contributed by atoms with Crippen LogP contribution in [-0.4, -0.2) is 42.7 Å². The van der Waals surface area contributed by atoms with Gasteiger partial charge < -0.3 is 25.4 Å². The summed E-state index contributed by atoms with van der Waals surface area (Å²) in [5, 5.41) is 4.67. The summed E-state index contributed by atoms with van der Waals surface area (Å²) in [6, 6.07) is 14.6. The maximum absolute atomic E-state index is 13.1. The first kappa shape index (κ1) is 22.5. The summed E-state index contributed by atoms with van der Waals surface area (Å²) >= 11 is 0. The number of carbonyl (C=O) groups is 2. The van der Waals surface area contributed by atoms with E-state index in [9.17, 15) is 9.59 Å². The molecule has 1 fully saturated rings. The first-order valence-electron chi connectivity index (χ1n) is 11.0. The van der Waals surface area contributed by atoms with Crippen molar-refractivity contribution < 1.29 is 19.1 Å². The number of nitrogen functional groups attached to an aromatic ring is 1. The van der Waals surface area contributed by atoms with E-state index in [-0.39, 0.29) is 24.3 Å². The van der Waals surface area contributed by atoms with E-state index in [1.807, 2.05) is 50.2 Å². The molecule has 33 heavy (non-hydrogen) atoms. The van der Waals surface area contributed by atoms with Crippen molar-refractivity contribution in [2.24, 2.45) is 5.92 Å². The summed E-state index contributed by atoms with van der Waals surface area (Å²) in [6.07, 6.45) is 1.53. The van der Waals surface area contributed by atoms with E-state index in [0.717, 1.165) is 16.5 Å². The van der Waals surface area contributed by atoms with Crippen molar-refractivity contribution in [3.05, 3.63) is 54.7 Å². The average Bonchev–Trinajstić information content (AvgIpc) is 2.80. The van der Waals surface area contributed by atoms with Gasteiger partial charge in [-0.1, -0.05) is 19.9 Å². The standard InChI is InChI=1S/C25H28N4O4/c1-16(2)13-22(33-20-8-3-17-9-10-27-24(26)21(17)14-20)25(31)28-18-4-6-19(7-5-18)29-11-12-32-15-23(29)30/h3-10,14,16,22H,11-13,15H2,1-2H3,(H2,26,27)(H,28,31). The molecule has 1 aliphatic heterocycles. The zero-order chi connectivity index (χ0) is 23.4. The normalized spacial score (nSPS) is 15.0. The number of fused-ring (bicyclic) bond motifs is 1. The smallest absolute Gasteiger partial charge is 0.265 e. The molecule has 3 N–H and O–H groups in total. The van der Waals surface area contributed by atoms with Crippen LogP contribution in [0.4, 0.5) is 17.2 Å². The molecule has 0 radical (unpaired) electrons. The van der Waals surface area contributed by atoms with Gasteiger partial charge >= 0.3 is 0 Å². The molecule has 2 heterocycles. The number of nitrogens with one attached hydrogen (secondary N) is 1. The van der Waals surface area contributed by atoms with Gasteiger partial charge in [0.2, 0.25) is 0 Å². The fourth-order valence-electron chi connectivity index (χ4n) is 3.78. The summed E-state index contributed by atoms with van der Waals surface area (Å²) in [5.74, 6) is 0.918. The van der Waals surface area contributed by atoms with Crippen LogP contribution < -0.4 is 20.7 Å². The minimum atomic E-state index is -0.680. The number of hydrogen-bond acceptors (Lipinski definition) is 6. The second-order valence-electron chi connectivity index (χ2n) is 8.45. The van der Waals surface area contributed by atoms with Crippen LogP contribution in [0.5, 0.6) is 5.75 Å². The molecular weight excluding hydrogens is 420 g/mol. The molecule has 3 aromatic rings. The lowest BCUT2D eigenvalue weighted by Crippen LogP contribution is -2.41. The van der Waals surface area contributed by atoms with E-state index < -0.39 is 6.10 Å². The lowest BCUT2D eigenvalue weighted by Gasteiger charge is -2.27. The van der Waals surface area contributed by atoms with Crippen molar-refractivity contribution in [3.63, 3.8) is 0 Å². The van der Waals surface area contributed by atoms with E-state index in [1.54, 1.807) is 23.2 Å². The maximum Gasteiger partial charge on any atom is 0.265 e. The van der Waals surface area contributed by atoms with Crippen molar-refractivity contribution in [3.8, 4) is 5.75 Å². The molecule has 8 nitrogen and oxygen atoms in total. The number of morpholine rings is 1. The Kier molecular flexibility index (Phi) is 6.74. The molecular formula is C25H28N4O4. The van der Waals surface area contributed by atoms with Gasteiger partial charge in [-0.15, -0.1) is 0 Å². The lowest BCUT2D eigenvalue weighted by molar-refractivity contribution is -0.125. The second-order valence-corrected chi connectivity index (χ2v) is 8.45. The quantitative estimate of drug-likeness (QED) is 0.572. The Morgan fingerprint density at radius 1 is 1.21 bits per heavy atom. The van der Waals surface area contributed by atoms with Gasteiger partial charge in [0, 0.05) is 29.5 Å². The Bertz CT molecular complexity index is 1150. The summed E-state index contributed by atoms with van der Waals surface area (Å²) in [7, 11) is 0. The Balaban J connectivity index is 1.47. The number of ether oxygens (including phenoxy) is 2. The first-order chi connectivity index (χ1) is 15.9. The van der Waals surface area contributed by atoms with Crippen molar-refractivity contribution in [1.29, 1.82) is 0 Å². The van der Waals surface area contributed by atoms with Crippen LogP contribution in [0.25, 0.3) is 10.8 Å². The number of benzene rings is 2. The molecule has 1 unspecified atom stereocenters. The van der Waals surface area contributed by atoms with Gasteiger partial charge in [-0.25, -0.2) is 4.98 Å². The fraction of sp³-hybridized carbons (Fsp3) is 0.320. The van der Waals surface area contributed by atoms with Crippen LogP contribution in [0.1, 0.15) is 20.3 Å². The van der Waals surface area contributed by atoms with Crippen LogP contribution in [0.15, 0.2) is 54.7 Å². The molecule has 0 saturated carbocycles. The molecule has 1 aromatic heterocycles. The molecule has 2 amide bonds. The number of carbonyl (C=O) groups excluding carboxylic acids is 2. The number of nitrogens with zero attached hydrogens (tertiary/aromatic N) is 2. The molecule has 8 heteroatoms. The molecule has 1 aliphatic rings. The van der Waals surface area contributed by atoms with Crippen LogP contribution in [-0.2, 0) is 14.3 Å². The van der Waals surface area contributed by atoms with Crippen molar-refractivity contribution in [1.82, 2.24) is 4.98 Å². The van der Waals surface area contributed by atoms with Gasteiger partial charge in [-0.05, 0) is 60.2 Å². The fourth-order valence-corrected chi connectivity index (χ4v) is 3.78. The van der Waals surface area contributed by atoms with Gasteiger partial charge in [0.05, 0.1) is 6.61 Å². The number of aromatic nitrogens is 1. The molecule has 0 aliphatic carbocycles. The van der Waals surface area contributed by atoms with Crippen molar-refractivity contribution in [2.75, 3.05) is 35.7 Å². The zero-order valence-corrected chi connectivity index (χ0v) is 18.8. The van der Waals surface area contributed by atoms with Crippen molar-refractivity contribution >= 4 is 39.8 Å². The molecule has 1 saturated heterocycles. The number of amides is 2. The number of hydrogen-bond donors (Lipinski definition) is 2. The molecule has 172 valence electrons. The number of nitrogens with two attached hydrogens (primary N) is 1. The van der Waals surface area contributed by atoms with E-state index in [4.69, 9.17) is 15.2 Å². The largest absolute Gasteiger partial charge is 0.481 e. The third-order valence-corrected chi connectivity index (χ3v) is 5.46. The van der Waals surface area contributed by atoms with Gasteiger partial charge in [0.15, 0.2) is 6.10 Å². The predicted octanol–water partition coefficient (Wildman–Crippen LogP) is 3.61. The van der Waals surface area contributed by atoms with E-state index in [2.05, 4.69) is 10.3 Å². The summed E-state index contributed by atoms with van der Waals surface area (Å²) in [4.78, 5) is 30.9. The molecule has 4 rings (SSSR count).